The molecule has 1 aliphatic carbocycles. The second-order valence-electron chi connectivity index (χ2n) is 8.39. The minimum absolute atomic E-state index is 0.167. The van der Waals surface area contributed by atoms with Crippen molar-refractivity contribution >= 4 is 22.9 Å². The Morgan fingerprint density at radius 3 is 2.17 bits per heavy atom. The van der Waals surface area contributed by atoms with E-state index in [2.05, 4.69) is 31.0 Å². The predicted octanol–water partition coefficient (Wildman–Crippen LogP) is 5.46. The van der Waals surface area contributed by atoms with Crippen LogP contribution in [-0.4, -0.2) is 11.6 Å². The number of nitrogens with two attached hydrogens (primary N) is 2. The number of amides is 1. The number of nitrogens with zero attached hydrogens (tertiary/aromatic N) is 1. The summed E-state index contributed by atoms with van der Waals surface area (Å²) in [5.41, 5.74) is 18.6. The largest absolute Gasteiger partial charge is 0.398 e. The van der Waals surface area contributed by atoms with Gasteiger partial charge in [-0.05, 0) is 78.6 Å². The number of carbonyl (C=O) groups is 1. The number of primary amides is 1. The van der Waals surface area contributed by atoms with Crippen LogP contribution in [-0.2, 0) is 5.41 Å². The highest BCUT2D eigenvalue weighted by molar-refractivity contribution is 6.00. The van der Waals surface area contributed by atoms with E-state index in [1.807, 2.05) is 31.3 Å². The molecule has 1 aliphatic rings. The normalized spacial score (nSPS) is 17.2. The third-order valence-corrected chi connectivity index (χ3v) is 6.16. The molecule has 0 spiro atoms. The SMILES string of the molecule is CC(=N/C=C(\C)c1ccc(N)c(C2(C)CCCCC2)c1)c1ccc(C(N)=O)cc1. The van der Waals surface area contributed by atoms with Gasteiger partial charge in [-0.1, -0.05) is 44.4 Å². The Balaban J connectivity index is 1.84. The molecule has 2 aromatic rings. The van der Waals surface area contributed by atoms with Crippen LogP contribution < -0.4 is 11.5 Å². The van der Waals surface area contributed by atoms with Gasteiger partial charge in [-0.15, -0.1) is 0 Å². The summed E-state index contributed by atoms with van der Waals surface area (Å²) in [4.78, 5) is 15.9. The van der Waals surface area contributed by atoms with Crippen LogP contribution in [0.2, 0.25) is 0 Å². The van der Waals surface area contributed by atoms with Crippen LogP contribution in [0.5, 0.6) is 0 Å². The van der Waals surface area contributed by atoms with E-state index in [1.165, 1.54) is 37.7 Å². The van der Waals surface area contributed by atoms with Crippen molar-refractivity contribution in [1.82, 2.24) is 0 Å². The van der Waals surface area contributed by atoms with Gasteiger partial charge in [-0.25, -0.2) is 0 Å². The lowest BCUT2D eigenvalue weighted by molar-refractivity contribution is 0.100. The van der Waals surface area contributed by atoms with Crippen molar-refractivity contribution < 1.29 is 4.79 Å². The average Bonchev–Trinajstić information content (AvgIpc) is 2.72. The van der Waals surface area contributed by atoms with Crippen molar-refractivity contribution in [2.75, 3.05) is 5.73 Å². The standard InChI is InChI=1S/C25H31N3O/c1-17(16-28-18(2)19-7-9-20(10-8-19)24(27)29)21-11-12-23(26)22(15-21)25(3)13-5-4-6-14-25/h7-12,15-16H,4-6,13-14,26H2,1-3H3,(H2,27,29)/b17-16+,28-18?. The van der Waals surface area contributed by atoms with Gasteiger partial charge in [0.25, 0.3) is 0 Å². The molecule has 1 fully saturated rings. The molecule has 0 atom stereocenters. The predicted molar refractivity (Wildman–Crippen MR) is 122 cm³/mol. The third-order valence-electron chi connectivity index (χ3n) is 6.16. The van der Waals surface area contributed by atoms with Crippen molar-refractivity contribution in [1.29, 1.82) is 0 Å². The fourth-order valence-electron chi connectivity index (χ4n) is 4.14. The summed E-state index contributed by atoms with van der Waals surface area (Å²) in [6.07, 6.45) is 8.16. The molecule has 0 radical (unpaired) electrons. The summed E-state index contributed by atoms with van der Waals surface area (Å²) in [5, 5.41) is 0. The van der Waals surface area contributed by atoms with Gasteiger partial charge >= 0.3 is 0 Å². The van der Waals surface area contributed by atoms with Crippen LogP contribution in [0.25, 0.3) is 5.57 Å². The molecule has 0 aromatic heterocycles. The second-order valence-corrected chi connectivity index (χ2v) is 8.39. The summed E-state index contributed by atoms with van der Waals surface area (Å²) < 4.78 is 0. The second kappa shape index (κ2) is 8.64. The van der Waals surface area contributed by atoms with Crippen LogP contribution in [0.15, 0.2) is 53.7 Å². The van der Waals surface area contributed by atoms with Crippen molar-refractivity contribution in [2.24, 2.45) is 10.7 Å². The molecule has 4 N–H and O–H groups in total. The van der Waals surface area contributed by atoms with Gasteiger partial charge in [0.2, 0.25) is 5.91 Å². The lowest BCUT2D eigenvalue weighted by Crippen LogP contribution is -2.26. The van der Waals surface area contributed by atoms with Gasteiger partial charge in [0, 0.05) is 23.2 Å². The molecular weight excluding hydrogens is 358 g/mol. The molecule has 0 heterocycles. The van der Waals surface area contributed by atoms with Crippen molar-refractivity contribution in [3.8, 4) is 0 Å². The first-order valence-corrected chi connectivity index (χ1v) is 10.3. The molecule has 29 heavy (non-hydrogen) atoms. The number of benzene rings is 2. The molecule has 1 amide bonds. The first kappa shape index (κ1) is 20.8. The maximum Gasteiger partial charge on any atom is 0.248 e. The molecule has 4 nitrogen and oxygen atoms in total. The van der Waals surface area contributed by atoms with E-state index in [4.69, 9.17) is 11.5 Å². The number of hydrogen-bond donors (Lipinski definition) is 2. The number of allylic oxidation sites excluding steroid dienone is 1. The Labute approximate surface area is 173 Å². The van der Waals surface area contributed by atoms with Crippen molar-refractivity contribution in [3.63, 3.8) is 0 Å². The van der Waals surface area contributed by atoms with Crippen LogP contribution >= 0.6 is 0 Å². The highest BCUT2D eigenvalue weighted by Crippen LogP contribution is 2.42. The van der Waals surface area contributed by atoms with E-state index in [1.54, 1.807) is 12.1 Å². The van der Waals surface area contributed by atoms with Crippen LogP contribution in [0.1, 0.15) is 79.9 Å². The summed E-state index contributed by atoms with van der Waals surface area (Å²) in [7, 11) is 0. The van der Waals surface area contributed by atoms with Gasteiger partial charge in [0.1, 0.15) is 0 Å². The lowest BCUT2D eigenvalue weighted by atomic mass is 9.70. The number of anilines is 1. The average molecular weight is 390 g/mol. The third kappa shape index (κ3) is 4.76. The van der Waals surface area contributed by atoms with E-state index in [-0.39, 0.29) is 5.41 Å². The zero-order chi connectivity index (χ0) is 21.0. The van der Waals surface area contributed by atoms with Gasteiger partial charge in [-0.2, -0.15) is 0 Å². The fraction of sp³-hybridized carbons (Fsp3) is 0.360. The Kier molecular flexibility index (Phi) is 6.21. The molecule has 0 unspecified atom stereocenters. The van der Waals surface area contributed by atoms with E-state index in [0.29, 0.717) is 5.56 Å². The Morgan fingerprint density at radius 1 is 0.966 bits per heavy atom. The number of hydrogen-bond acceptors (Lipinski definition) is 3. The number of rotatable bonds is 5. The monoisotopic (exact) mass is 389 g/mol. The zero-order valence-electron chi connectivity index (χ0n) is 17.7. The smallest absolute Gasteiger partial charge is 0.248 e. The molecule has 1 saturated carbocycles. The Bertz CT molecular complexity index is 949. The van der Waals surface area contributed by atoms with Crippen molar-refractivity contribution in [2.45, 2.75) is 58.3 Å². The van der Waals surface area contributed by atoms with Gasteiger partial charge in [-0.3, -0.25) is 9.79 Å². The molecular formula is C25H31N3O. The molecule has 3 rings (SSSR count). The highest BCUT2D eigenvalue weighted by Gasteiger charge is 2.30. The fourth-order valence-corrected chi connectivity index (χ4v) is 4.14. The summed E-state index contributed by atoms with van der Waals surface area (Å²) in [6, 6.07) is 13.5. The number of nitrogen functional groups attached to an aromatic ring is 1. The summed E-state index contributed by atoms with van der Waals surface area (Å²) in [6.45, 7) is 6.38. The maximum absolute atomic E-state index is 11.2. The number of carbonyl (C=O) groups excluding carboxylic acids is 1. The van der Waals surface area contributed by atoms with E-state index >= 15 is 0 Å². The first-order valence-electron chi connectivity index (χ1n) is 10.3. The topological polar surface area (TPSA) is 81.5 Å². The van der Waals surface area contributed by atoms with E-state index < -0.39 is 5.91 Å². The quantitative estimate of drug-likeness (QED) is 0.526. The molecule has 152 valence electrons. The zero-order valence-corrected chi connectivity index (χ0v) is 17.7. The van der Waals surface area contributed by atoms with E-state index in [0.717, 1.165) is 28.1 Å². The molecule has 0 saturated heterocycles. The van der Waals surface area contributed by atoms with Crippen LogP contribution in [0, 0.1) is 0 Å². The molecule has 0 bridgehead atoms. The molecule has 0 aliphatic heterocycles. The lowest BCUT2D eigenvalue weighted by Gasteiger charge is -2.35. The van der Waals surface area contributed by atoms with Crippen LogP contribution in [0.3, 0.4) is 0 Å². The van der Waals surface area contributed by atoms with E-state index in [9.17, 15) is 4.79 Å². The summed E-state index contributed by atoms with van der Waals surface area (Å²) >= 11 is 0. The molecule has 4 heteroatoms. The number of aliphatic imine (C=N–C) groups is 1. The minimum atomic E-state index is -0.423. The van der Waals surface area contributed by atoms with Gasteiger partial charge in [0.15, 0.2) is 0 Å². The highest BCUT2D eigenvalue weighted by atomic mass is 16.1. The van der Waals surface area contributed by atoms with Gasteiger partial charge < -0.3 is 11.5 Å². The maximum atomic E-state index is 11.2. The minimum Gasteiger partial charge on any atom is -0.398 e. The Hall–Kier alpha value is -2.88. The van der Waals surface area contributed by atoms with Crippen LogP contribution in [0.4, 0.5) is 5.69 Å². The summed E-state index contributed by atoms with van der Waals surface area (Å²) in [5.74, 6) is -0.423. The first-order chi connectivity index (χ1) is 13.8. The van der Waals surface area contributed by atoms with Crippen molar-refractivity contribution in [3.05, 3.63) is 70.9 Å². The van der Waals surface area contributed by atoms with Gasteiger partial charge in [0.05, 0.1) is 0 Å². The molecule has 2 aromatic carbocycles. The Morgan fingerprint density at radius 2 is 1.55 bits per heavy atom.